The lowest BCUT2D eigenvalue weighted by atomic mass is 10.2. The van der Waals surface area contributed by atoms with Gasteiger partial charge < -0.3 is 5.32 Å². The van der Waals surface area contributed by atoms with E-state index in [2.05, 4.69) is 5.32 Å². The van der Waals surface area contributed by atoms with Crippen LogP contribution in [0.15, 0.2) is 53.4 Å². The Hall–Kier alpha value is -2.40. The van der Waals surface area contributed by atoms with Crippen LogP contribution in [-0.4, -0.2) is 31.2 Å². The molecule has 0 unspecified atom stereocenters. The molecule has 0 radical (unpaired) electrons. The Morgan fingerprint density at radius 1 is 1.15 bits per heavy atom. The third-order valence-corrected chi connectivity index (χ3v) is 6.38. The zero-order chi connectivity index (χ0) is 18.7. The summed E-state index contributed by atoms with van der Waals surface area (Å²) in [5.74, 6) is -0.384. The second-order valence-electron chi connectivity index (χ2n) is 5.91. The molecule has 1 fully saturated rings. The standard InChI is InChI=1S/C18H16ClN3O3S/c19-14-5-9-16(10-6-14)26(24,25)22-11-1-2-17(22)18(23)21-15-7-3-13(12-20)4-8-15/h3-10,17H,1-2,11H2,(H,21,23)/t17-/m0/s1. The topological polar surface area (TPSA) is 90.3 Å². The van der Waals surface area contributed by atoms with Crippen molar-refractivity contribution in [3.05, 3.63) is 59.1 Å². The summed E-state index contributed by atoms with van der Waals surface area (Å²) >= 11 is 5.82. The summed E-state index contributed by atoms with van der Waals surface area (Å²) in [6, 6.07) is 13.5. The van der Waals surface area contributed by atoms with Crippen LogP contribution >= 0.6 is 11.6 Å². The molecule has 0 spiro atoms. The molecule has 3 rings (SSSR count). The number of carbonyl (C=O) groups excluding carboxylic acids is 1. The molecule has 6 nitrogen and oxygen atoms in total. The fourth-order valence-electron chi connectivity index (χ4n) is 2.89. The normalized spacial score (nSPS) is 17.6. The Morgan fingerprint density at radius 3 is 2.42 bits per heavy atom. The van der Waals surface area contributed by atoms with E-state index in [9.17, 15) is 13.2 Å². The fourth-order valence-corrected chi connectivity index (χ4v) is 4.67. The minimum absolute atomic E-state index is 0.111. The second-order valence-corrected chi connectivity index (χ2v) is 8.23. The number of amides is 1. The number of hydrogen-bond donors (Lipinski definition) is 1. The summed E-state index contributed by atoms with van der Waals surface area (Å²) in [6.45, 7) is 0.288. The molecule has 0 aromatic heterocycles. The van der Waals surface area contributed by atoms with Crippen LogP contribution < -0.4 is 5.32 Å². The van der Waals surface area contributed by atoms with E-state index < -0.39 is 16.1 Å². The molecule has 1 saturated heterocycles. The maximum absolute atomic E-state index is 12.9. The van der Waals surface area contributed by atoms with Crippen molar-refractivity contribution in [3.63, 3.8) is 0 Å². The van der Waals surface area contributed by atoms with Crippen molar-refractivity contribution < 1.29 is 13.2 Å². The largest absolute Gasteiger partial charge is 0.325 e. The summed E-state index contributed by atoms with van der Waals surface area (Å²) in [7, 11) is -3.78. The lowest BCUT2D eigenvalue weighted by Crippen LogP contribution is -2.43. The van der Waals surface area contributed by atoms with E-state index in [0.29, 0.717) is 29.1 Å². The Balaban J connectivity index is 1.79. The van der Waals surface area contributed by atoms with Crippen molar-refractivity contribution in [1.82, 2.24) is 4.31 Å². The average molecular weight is 390 g/mol. The molecular formula is C18H16ClN3O3S. The summed E-state index contributed by atoms with van der Waals surface area (Å²) in [6.07, 6.45) is 1.06. The maximum atomic E-state index is 12.9. The van der Waals surface area contributed by atoms with Gasteiger partial charge in [0.25, 0.3) is 0 Å². The molecule has 1 N–H and O–H groups in total. The average Bonchev–Trinajstić information content (AvgIpc) is 3.13. The molecule has 134 valence electrons. The van der Waals surface area contributed by atoms with Gasteiger partial charge in [0.2, 0.25) is 15.9 Å². The number of hydrogen-bond acceptors (Lipinski definition) is 4. The molecule has 26 heavy (non-hydrogen) atoms. The van der Waals surface area contributed by atoms with Crippen molar-refractivity contribution in [1.29, 1.82) is 5.26 Å². The van der Waals surface area contributed by atoms with Gasteiger partial charge in [0, 0.05) is 17.3 Å². The van der Waals surface area contributed by atoms with E-state index in [1.165, 1.54) is 28.6 Å². The quantitative estimate of drug-likeness (QED) is 0.870. The van der Waals surface area contributed by atoms with Crippen molar-refractivity contribution in [2.45, 2.75) is 23.8 Å². The Kier molecular flexibility index (Phi) is 5.28. The Bertz CT molecular complexity index is 951. The number of nitriles is 1. The van der Waals surface area contributed by atoms with E-state index in [1.54, 1.807) is 24.3 Å². The van der Waals surface area contributed by atoms with Gasteiger partial charge in [-0.05, 0) is 61.4 Å². The molecular weight excluding hydrogens is 374 g/mol. The monoisotopic (exact) mass is 389 g/mol. The minimum atomic E-state index is -3.78. The lowest BCUT2D eigenvalue weighted by molar-refractivity contribution is -0.119. The number of sulfonamides is 1. The molecule has 1 amide bonds. The fraction of sp³-hybridized carbons (Fsp3) is 0.222. The van der Waals surface area contributed by atoms with Gasteiger partial charge in [-0.25, -0.2) is 8.42 Å². The number of carbonyl (C=O) groups is 1. The Labute approximate surface area is 157 Å². The van der Waals surface area contributed by atoms with Crippen LogP contribution in [0.1, 0.15) is 18.4 Å². The third kappa shape index (κ3) is 3.73. The highest BCUT2D eigenvalue weighted by Gasteiger charge is 2.39. The van der Waals surface area contributed by atoms with Crippen molar-refractivity contribution in [2.75, 3.05) is 11.9 Å². The van der Waals surface area contributed by atoms with Gasteiger partial charge >= 0.3 is 0 Å². The number of rotatable bonds is 4. The molecule has 0 aliphatic carbocycles. The third-order valence-electron chi connectivity index (χ3n) is 4.21. The van der Waals surface area contributed by atoms with Crippen LogP contribution in [0, 0.1) is 11.3 Å². The van der Waals surface area contributed by atoms with E-state index in [4.69, 9.17) is 16.9 Å². The molecule has 1 atom stereocenters. The second kappa shape index (κ2) is 7.46. The summed E-state index contributed by atoms with van der Waals surface area (Å²) in [5.41, 5.74) is 1.00. The minimum Gasteiger partial charge on any atom is -0.325 e. The van der Waals surface area contributed by atoms with Crippen molar-refractivity contribution in [3.8, 4) is 6.07 Å². The first-order valence-corrected chi connectivity index (χ1v) is 9.82. The summed E-state index contributed by atoms with van der Waals surface area (Å²) in [5, 5.41) is 12.0. The molecule has 8 heteroatoms. The number of anilines is 1. The summed E-state index contributed by atoms with van der Waals surface area (Å²) < 4.78 is 27.0. The highest BCUT2D eigenvalue weighted by molar-refractivity contribution is 7.89. The first kappa shape index (κ1) is 18.4. The van der Waals surface area contributed by atoms with Gasteiger partial charge in [-0.1, -0.05) is 11.6 Å². The first-order valence-electron chi connectivity index (χ1n) is 8.00. The number of nitrogens with one attached hydrogen (secondary N) is 1. The van der Waals surface area contributed by atoms with Crippen LogP contribution in [0.25, 0.3) is 0 Å². The number of halogens is 1. The van der Waals surface area contributed by atoms with E-state index in [1.807, 2.05) is 6.07 Å². The van der Waals surface area contributed by atoms with Crippen LogP contribution in [0.2, 0.25) is 5.02 Å². The van der Waals surface area contributed by atoms with Gasteiger partial charge in [0.05, 0.1) is 16.5 Å². The molecule has 1 heterocycles. The van der Waals surface area contributed by atoms with Crippen LogP contribution in [0.5, 0.6) is 0 Å². The lowest BCUT2D eigenvalue weighted by Gasteiger charge is -2.23. The highest BCUT2D eigenvalue weighted by Crippen LogP contribution is 2.27. The SMILES string of the molecule is N#Cc1ccc(NC(=O)[C@@H]2CCCN2S(=O)(=O)c2ccc(Cl)cc2)cc1. The van der Waals surface area contributed by atoms with Crippen molar-refractivity contribution in [2.24, 2.45) is 0 Å². The smallest absolute Gasteiger partial charge is 0.243 e. The van der Waals surface area contributed by atoms with Gasteiger partial charge in [-0.15, -0.1) is 0 Å². The predicted molar refractivity (Wildman–Crippen MR) is 98.2 cm³/mol. The first-order chi connectivity index (χ1) is 12.4. The van der Waals surface area contributed by atoms with Crippen molar-refractivity contribution >= 4 is 33.2 Å². The summed E-state index contributed by atoms with van der Waals surface area (Å²) in [4.78, 5) is 12.7. The predicted octanol–water partition coefficient (Wildman–Crippen LogP) is 3.00. The molecule has 0 saturated carbocycles. The van der Waals surface area contributed by atoms with E-state index >= 15 is 0 Å². The zero-order valence-corrected chi connectivity index (χ0v) is 15.3. The number of nitrogens with zero attached hydrogens (tertiary/aromatic N) is 2. The zero-order valence-electron chi connectivity index (χ0n) is 13.7. The maximum Gasteiger partial charge on any atom is 0.243 e. The van der Waals surface area contributed by atoms with E-state index in [0.717, 1.165) is 0 Å². The van der Waals surface area contributed by atoms with Crippen LogP contribution in [-0.2, 0) is 14.8 Å². The van der Waals surface area contributed by atoms with E-state index in [-0.39, 0.29) is 17.3 Å². The van der Waals surface area contributed by atoms with Gasteiger partial charge in [0.1, 0.15) is 6.04 Å². The molecule has 2 aromatic carbocycles. The molecule has 1 aliphatic rings. The molecule has 1 aliphatic heterocycles. The van der Waals surface area contributed by atoms with Gasteiger partial charge in [-0.2, -0.15) is 9.57 Å². The molecule has 0 bridgehead atoms. The molecule has 2 aromatic rings. The van der Waals surface area contributed by atoms with Gasteiger partial charge in [-0.3, -0.25) is 4.79 Å². The van der Waals surface area contributed by atoms with Gasteiger partial charge in [0.15, 0.2) is 0 Å². The van der Waals surface area contributed by atoms with Crippen LogP contribution in [0.3, 0.4) is 0 Å². The highest BCUT2D eigenvalue weighted by atomic mass is 35.5. The number of benzene rings is 2. The Morgan fingerprint density at radius 2 is 1.81 bits per heavy atom. The van der Waals surface area contributed by atoms with Crippen LogP contribution in [0.4, 0.5) is 5.69 Å².